The molecule has 0 radical (unpaired) electrons. The molecular weight excluding hydrogens is 317 g/mol. The van der Waals surface area contributed by atoms with E-state index in [1.807, 2.05) is 6.07 Å². The molecule has 0 saturated heterocycles. The molecule has 3 nitrogen and oxygen atoms in total. The van der Waals surface area contributed by atoms with Crippen LogP contribution in [-0.4, -0.2) is 10.1 Å². The Hall–Kier alpha value is -1.05. The van der Waals surface area contributed by atoms with Gasteiger partial charge in [-0.3, -0.25) is 0 Å². The average Bonchev–Trinajstić information content (AvgIpc) is 2.67. The summed E-state index contributed by atoms with van der Waals surface area (Å²) in [6, 6.07) is 8.80. The third-order valence-electron chi connectivity index (χ3n) is 1.70. The van der Waals surface area contributed by atoms with Crippen LogP contribution >= 0.6 is 22.6 Å². The van der Waals surface area contributed by atoms with Crippen LogP contribution in [0.15, 0.2) is 34.9 Å². The van der Waals surface area contributed by atoms with Crippen molar-refractivity contribution in [3.05, 3.63) is 36.2 Å². The third-order valence-corrected chi connectivity index (χ3v) is 2.16. The highest BCUT2D eigenvalue weighted by molar-refractivity contribution is 14.1. The van der Waals surface area contributed by atoms with Crippen LogP contribution in [0, 0.1) is 0 Å². The third kappa shape index (κ3) is 2.31. The summed E-state index contributed by atoms with van der Waals surface area (Å²) in [6.07, 6.45) is 0. The van der Waals surface area contributed by atoms with Crippen molar-refractivity contribution in [2.75, 3.05) is 0 Å². The van der Waals surface area contributed by atoms with Crippen molar-refractivity contribution in [2.24, 2.45) is 0 Å². The van der Waals surface area contributed by atoms with Crippen molar-refractivity contribution in [3.63, 3.8) is 0 Å². The van der Waals surface area contributed by atoms with E-state index in [9.17, 15) is 8.78 Å². The number of hydrogen-bond acceptors (Lipinski definition) is 3. The topological polar surface area (TPSA) is 38.9 Å². The molecule has 6 heteroatoms. The lowest BCUT2D eigenvalue weighted by atomic mass is 10.2. The standard InChI is InChI=1S/C9H5F2IN2O/c10-9(11,12)8-13-7(14-15-8)6-4-2-1-3-5-6/h1-5H. The van der Waals surface area contributed by atoms with E-state index in [4.69, 9.17) is 0 Å². The molecule has 0 aliphatic rings. The molecule has 1 heterocycles. The molecule has 0 aliphatic heterocycles. The summed E-state index contributed by atoms with van der Waals surface area (Å²) < 4.78 is 26.9. The molecule has 78 valence electrons. The lowest BCUT2D eigenvalue weighted by Crippen LogP contribution is -2.02. The Kier molecular flexibility index (Phi) is 2.68. The Balaban J connectivity index is 2.37. The molecule has 0 N–H and O–H groups in total. The van der Waals surface area contributed by atoms with Gasteiger partial charge in [-0.2, -0.15) is 13.8 Å². The summed E-state index contributed by atoms with van der Waals surface area (Å²) >= 11 is 0.946. The number of hydrogen-bond donors (Lipinski definition) is 0. The second-order valence-electron chi connectivity index (χ2n) is 2.79. The van der Waals surface area contributed by atoms with Crippen LogP contribution in [0.25, 0.3) is 11.4 Å². The molecule has 0 saturated carbocycles. The van der Waals surface area contributed by atoms with Crippen molar-refractivity contribution in [1.82, 2.24) is 10.1 Å². The predicted molar refractivity (Wildman–Crippen MR) is 57.6 cm³/mol. The van der Waals surface area contributed by atoms with Crippen LogP contribution in [0.5, 0.6) is 0 Å². The SMILES string of the molecule is FC(F)(I)c1nc(-c2ccccc2)no1. The highest BCUT2D eigenvalue weighted by atomic mass is 127. The van der Waals surface area contributed by atoms with E-state index in [0.717, 1.165) is 22.6 Å². The Morgan fingerprint density at radius 1 is 1.20 bits per heavy atom. The maximum Gasteiger partial charge on any atom is 0.373 e. The van der Waals surface area contributed by atoms with Crippen molar-refractivity contribution >= 4 is 22.6 Å². The first-order valence-electron chi connectivity index (χ1n) is 4.04. The molecule has 1 aromatic heterocycles. The molecule has 0 atom stereocenters. The molecule has 0 amide bonds. The lowest BCUT2D eigenvalue weighted by Gasteiger charge is -1.98. The molecule has 2 rings (SSSR count). The monoisotopic (exact) mass is 322 g/mol. The first-order chi connectivity index (χ1) is 7.07. The summed E-state index contributed by atoms with van der Waals surface area (Å²) in [7, 11) is 0. The van der Waals surface area contributed by atoms with Crippen LogP contribution in [0.1, 0.15) is 5.89 Å². The molecule has 2 aromatic rings. The van der Waals surface area contributed by atoms with Gasteiger partial charge in [0.25, 0.3) is 0 Å². The van der Waals surface area contributed by atoms with Crippen LogP contribution < -0.4 is 0 Å². The van der Waals surface area contributed by atoms with Gasteiger partial charge in [-0.25, -0.2) is 0 Å². The van der Waals surface area contributed by atoms with Crippen molar-refractivity contribution < 1.29 is 13.3 Å². The van der Waals surface area contributed by atoms with Crippen LogP contribution in [0.3, 0.4) is 0 Å². The summed E-state index contributed by atoms with van der Waals surface area (Å²) in [5.41, 5.74) is 0.646. The number of benzene rings is 1. The maximum atomic E-state index is 12.8. The quantitative estimate of drug-likeness (QED) is 0.629. The summed E-state index contributed by atoms with van der Waals surface area (Å²) in [4.78, 5) is 3.62. The summed E-state index contributed by atoms with van der Waals surface area (Å²) in [5.74, 6) is -0.510. The van der Waals surface area contributed by atoms with E-state index in [0.29, 0.717) is 5.56 Å². The molecule has 0 spiro atoms. The second kappa shape index (κ2) is 3.84. The number of halogens is 3. The van der Waals surface area contributed by atoms with E-state index in [1.54, 1.807) is 24.3 Å². The van der Waals surface area contributed by atoms with Gasteiger partial charge in [0.2, 0.25) is 5.82 Å². The fraction of sp³-hybridized carbons (Fsp3) is 0.111. The minimum Gasteiger partial charge on any atom is -0.331 e. The molecular formula is C9H5F2IN2O. The molecule has 0 fully saturated rings. The summed E-state index contributed by atoms with van der Waals surface area (Å²) in [5, 5.41) is 3.48. The van der Waals surface area contributed by atoms with E-state index in [-0.39, 0.29) is 5.82 Å². The minimum atomic E-state index is -3.13. The van der Waals surface area contributed by atoms with E-state index in [1.165, 1.54) is 0 Å². The van der Waals surface area contributed by atoms with Crippen molar-refractivity contribution in [1.29, 1.82) is 0 Å². The first-order valence-corrected chi connectivity index (χ1v) is 5.11. The molecule has 0 unspecified atom stereocenters. The summed E-state index contributed by atoms with van der Waals surface area (Å²) in [6.45, 7) is 0. The highest BCUT2D eigenvalue weighted by Crippen LogP contribution is 2.34. The Morgan fingerprint density at radius 2 is 1.87 bits per heavy atom. The molecule has 0 bridgehead atoms. The predicted octanol–water partition coefficient (Wildman–Crippen LogP) is 3.22. The smallest absolute Gasteiger partial charge is 0.331 e. The van der Waals surface area contributed by atoms with Gasteiger partial charge >= 0.3 is 9.82 Å². The highest BCUT2D eigenvalue weighted by Gasteiger charge is 2.34. The van der Waals surface area contributed by atoms with Crippen LogP contribution in [-0.2, 0) is 3.93 Å². The van der Waals surface area contributed by atoms with Crippen molar-refractivity contribution in [3.8, 4) is 11.4 Å². The normalized spacial score (nSPS) is 11.7. The van der Waals surface area contributed by atoms with Crippen LogP contribution in [0.4, 0.5) is 8.78 Å². The molecule has 0 aliphatic carbocycles. The number of alkyl halides is 3. The van der Waals surface area contributed by atoms with Gasteiger partial charge in [0.1, 0.15) is 0 Å². The van der Waals surface area contributed by atoms with Crippen LogP contribution in [0.2, 0.25) is 0 Å². The second-order valence-corrected chi connectivity index (χ2v) is 4.14. The fourth-order valence-corrected chi connectivity index (χ4v) is 1.26. The molecule has 15 heavy (non-hydrogen) atoms. The van der Waals surface area contributed by atoms with E-state index < -0.39 is 9.82 Å². The largest absolute Gasteiger partial charge is 0.373 e. The Morgan fingerprint density at radius 3 is 2.40 bits per heavy atom. The van der Waals surface area contributed by atoms with Gasteiger partial charge in [-0.05, 0) is 0 Å². The van der Waals surface area contributed by atoms with E-state index >= 15 is 0 Å². The Labute approximate surface area is 97.6 Å². The zero-order chi connectivity index (χ0) is 10.9. The van der Waals surface area contributed by atoms with Gasteiger partial charge in [-0.1, -0.05) is 35.5 Å². The van der Waals surface area contributed by atoms with Gasteiger partial charge in [-0.15, -0.1) is 0 Å². The number of aromatic nitrogens is 2. The zero-order valence-corrected chi connectivity index (χ0v) is 9.48. The minimum absolute atomic E-state index is 0.168. The maximum absolute atomic E-state index is 12.8. The first kappa shape index (κ1) is 10.5. The van der Waals surface area contributed by atoms with Gasteiger partial charge in [0, 0.05) is 28.2 Å². The zero-order valence-electron chi connectivity index (χ0n) is 7.32. The lowest BCUT2D eigenvalue weighted by molar-refractivity contribution is 0.0843. The van der Waals surface area contributed by atoms with Gasteiger partial charge in [0.15, 0.2) is 0 Å². The van der Waals surface area contributed by atoms with Crippen molar-refractivity contribution in [2.45, 2.75) is 3.93 Å². The number of nitrogens with zero attached hydrogens (tertiary/aromatic N) is 2. The average molecular weight is 322 g/mol. The van der Waals surface area contributed by atoms with E-state index in [2.05, 4.69) is 14.7 Å². The fourth-order valence-electron chi connectivity index (χ4n) is 1.04. The number of rotatable bonds is 2. The van der Waals surface area contributed by atoms with Gasteiger partial charge < -0.3 is 4.52 Å². The molecule has 1 aromatic carbocycles. The Bertz CT molecular complexity index is 453. The van der Waals surface area contributed by atoms with Gasteiger partial charge in [0.05, 0.1) is 0 Å².